The molecule has 0 bridgehead atoms. The zero-order chi connectivity index (χ0) is 17.4. The topological polar surface area (TPSA) is 47.1 Å². The predicted molar refractivity (Wildman–Crippen MR) is 95.9 cm³/mol. The molecule has 0 aromatic rings. The summed E-state index contributed by atoms with van der Waals surface area (Å²) in [5.41, 5.74) is 0. The molecule has 2 fully saturated rings. The highest BCUT2D eigenvalue weighted by Gasteiger charge is 2.19. The highest BCUT2D eigenvalue weighted by molar-refractivity contribution is 5.73. The molecule has 0 aliphatic carbocycles. The van der Waals surface area contributed by atoms with E-state index in [-0.39, 0.29) is 11.8 Å². The average molecular weight is 338 g/mol. The molecule has 0 N–H and O–H groups in total. The zero-order valence-electron chi connectivity index (χ0n) is 15.5. The quantitative estimate of drug-likeness (QED) is 0.647. The molecule has 0 atom stereocenters. The standard InChI is InChI=1S/C18H34N4O2/c1-17(23)21-13-9-19(10-14-21)7-5-3-4-6-8-20-11-15-22(16-12-20)18(2)24/h3-16H2,1-2H3. The van der Waals surface area contributed by atoms with Crippen LogP contribution in [0.15, 0.2) is 0 Å². The molecule has 2 aliphatic rings. The van der Waals surface area contributed by atoms with Crippen molar-refractivity contribution in [3.05, 3.63) is 0 Å². The third-order valence-electron chi connectivity index (χ3n) is 5.33. The van der Waals surface area contributed by atoms with Gasteiger partial charge in [-0.15, -0.1) is 0 Å². The van der Waals surface area contributed by atoms with E-state index in [1.165, 1.54) is 38.8 Å². The molecule has 2 heterocycles. The molecule has 138 valence electrons. The maximum atomic E-state index is 11.3. The molecule has 6 nitrogen and oxygen atoms in total. The Morgan fingerprint density at radius 3 is 1.21 bits per heavy atom. The summed E-state index contributed by atoms with van der Waals surface area (Å²) in [7, 11) is 0. The minimum atomic E-state index is 0.207. The Morgan fingerprint density at radius 1 is 0.583 bits per heavy atom. The fourth-order valence-electron chi connectivity index (χ4n) is 3.60. The summed E-state index contributed by atoms with van der Waals surface area (Å²) < 4.78 is 0. The van der Waals surface area contributed by atoms with Crippen LogP contribution in [0.25, 0.3) is 0 Å². The van der Waals surface area contributed by atoms with Crippen molar-refractivity contribution in [1.82, 2.24) is 19.6 Å². The van der Waals surface area contributed by atoms with Crippen LogP contribution >= 0.6 is 0 Å². The second kappa shape index (κ2) is 9.99. The van der Waals surface area contributed by atoms with Gasteiger partial charge in [-0.2, -0.15) is 0 Å². The lowest BCUT2D eigenvalue weighted by Gasteiger charge is -2.34. The molecule has 2 amide bonds. The van der Waals surface area contributed by atoms with Crippen molar-refractivity contribution in [2.24, 2.45) is 0 Å². The Hall–Kier alpha value is -1.14. The van der Waals surface area contributed by atoms with E-state index >= 15 is 0 Å². The second-order valence-corrected chi connectivity index (χ2v) is 7.11. The van der Waals surface area contributed by atoms with Crippen LogP contribution in [0.5, 0.6) is 0 Å². The van der Waals surface area contributed by atoms with Crippen molar-refractivity contribution in [3.63, 3.8) is 0 Å². The van der Waals surface area contributed by atoms with E-state index in [0.29, 0.717) is 0 Å². The molecule has 0 aromatic carbocycles. The van der Waals surface area contributed by atoms with Crippen molar-refractivity contribution < 1.29 is 9.59 Å². The number of nitrogens with zero attached hydrogens (tertiary/aromatic N) is 4. The van der Waals surface area contributed by atoms with Crippen LogP contribution in [0.2, 0.25) is 0 Å². The molecule has 2 saturated heterocycles. The fourth-order valence-corrected chi connectivity index (χ4v) is 3.60. The van der Waals surface area contributed by atoms with Crippen LogP contribution in [-0.2, 0) is 9.59 Å². The van der Waals surface area contributed by atoms with Crippen LogP contribution < -0.4 is 0 Å². The van der Waals surface area contributed by atoms with Crippen molar-refractivity contribution in [2.45, 2.75) is 39.5 Å². The molecule has 0 unspecified atom stereocenters. The van der Waals surface area contributed by atoms with Crippen molar-refractivity contribution in [2.75, 3.05) is 65.4 Å². The molecule has 0 saturated carbocycles. The van der Waals surface area contributed by atoms with Gasteiger partial charge in [-0.25, -0.2) is 0 Å². The summed E-state index contributed by atoms with van der Waals surface area (Å²) in [6, 6.07) is 0. The van der Waals surface area contributed by atoms with Crippen LogP contribution in [0.4, 0.5) is 0 Å². The Morgan fingerprint density at radius 2 is 0.917 bits per heavy atom. The fraction of sp³-hybridized carbons (Fsp3) is 0.889. The van der Waals surface area contributed by atoms with Crippen LogP contribution in [0.3, 0.4) is 0 Å². The molecule has 6 heteroatoms. The molecular weight excluding hydrogens is 304 g/mol. The minimum absolute atomic E-state index is 0.207. The van der Waals surface area contributed by atoms with Gasteiger partial charge >= 0.3 is 0 Å². The van der Waals surface area contributed by atoms with Gasteiger partial charge in [0.15, 0.2) is 0 Å². The number of carbonyl (C=O) groups is 2. The number of hydrogen-bond acceptors (Lipinski definition) is 4. The maximum Gasteiger partial charge on any atom is 0.219 e. The summed E-state index contributed by atoms with van der Waals surface area (Å²) in [6.07, 6.45) is 5.11. The number of hydrogen-bond donors (Lipinski definition) is 0. The van der Waals surface area contributed by atoms with Gasteiger partial charge in [-0.1, -0.05) is 12.8 Å². The summed E-state index contributed by atoms with van der Waals surface area (Å²) in [6.45, 7) is 13.3. The van der Waals surface area contributed by atoms with Crippen molar-refractivity contribution in [1.29, 1.82) is 0 Å². The number of unbranched alkanes of at least 4 members (excludes halogenated alkanes) is 3. The summed E-state index contributed by atoms with van der Waals surface area (Å²) in [5.74, 6) is 0.414. The first kappa shape index (κ1) is 19.2. The monoisotopic (exact) mass is 338 g/mol. The zero-order valence-corrected chi connectivity index (χ0v) is 15.5. The molecule has 0 aromatic heterocycles. The third-order valence-corrected chi connectivity index (χ3v) is 5.33. The van der Waals surface area contributed by atoms with Gasteiger partial charge in [0, 0.05) is 66.2 Å². The first-order chi connectivity index (χ1) is 11.6. The number of rotatable bonds is 7. The predicted octanol–water partition coefficient (Wildman–Crippen LogP) is 0.875. The molecular formula is C18H34N4O2. The van der Waals surface area contributed by atoms with Crippen LogP contribution in [-0.4, -0.2) is 96.9 Å². The van der Waals surface area contributed by atoms with E-state index in [0.717, 1.165) is 52.4 Å². The molecule has 0 radical (unpaired) electrons. The van der Waals surface area contributed by atoms with E-state index in [1.807, 2.05) is 9.80 Å². The summed E-state index contributed by atoms with van der Waals surface area (Å²) in [5, 5.41) is 0. The summed E-state index contributed by atoms with van der Waals surface area (Å²) >= 11 is 0. The average Bonchev–Trinajstić information content (AvgIpc) is 2.58. The first-order valence-corrected chi connectivity index (χ1v) is 9.52. The third kappa shape index (κ3) is 6.40. The van der Waals surface area contributed by atoms with Gasteiger partial charge in [0.2, 0.25) is 11.8 Å². The molecule has 2 aliphatic heterocycles. The molecule has 2 rings (SSSR count). The van der Waals surface area contributed by atoms with Gasteiger partial charge in [-0.3, -0.25) is 19.4 Å². The van der Waals surface area contributed by atoms with Crippen LogP contribution in [0, 0.1) is 0 Å². The second-order valence-electron chi connectivity index (χ2n) is 7.11. The highest BCUT2D eigenvalue weighted by Crippen LogP contribution is 2.08. The van der Waals surface area contributed by atoms with Crippen LogP contribution in [0.1, 0.15) is 39.5 Å². The minimum Gasteiger partial charge on any atom is -0.340 e. The van der Waals surface area contributed by atoms with Gasteiger partial charge in [0.05, 0.1) is 0 Å². The van der Waals surface area contributed by atoms with E-state index in [4.69, 9.17) is 0 Å². The normalized spacial score (nSPS) is 20.4. The lowest BCUT2D eigenvalue weighted by atomic mass is 10.1. The first-order valence-electron chi connectivity index (χ1n) is 9.52. The van der Waals surface area contributed by atoms with E-state index in [1.54, 1.807) is 13.8 Å². The van der Waals surface area contributed by atoms with Gasteiger partial charge in [0.25, 0.3) is 0 Å². The van der Waals surface area contributed by atoms with E-state index in [2.05, 4.69) is 9.80 Å². The number of piperazine rings is 2. The maximum absolute atomic E-state index is 11.3. The summed E-state index contributed by atoms with van der Waals surface area (Å²) in [4.78, 5) is 31.5. The molecule has 24 heavy (non-hydrogen) atoms. The van der Waals surface area contributed by atoms with E-state index < -0.39 is 0 Å². The Kier molecular flexibility index (Phi) is 7.99. The van der Waals surface area contributed by atoms with Crippen molar-refractivity contribution in [3.8, 4) is 0 Å². The highest BCUT2D eigenvalue weighted by atomic mass is 16.2. The lowest BCUT2D eigenvalue weighted by Crippen LogP contribution is -2.48. The Balaban J connectivity index is 1.44. The van der Waals surface area contributed by atoms with Crippen molar-refractivity contribution >= 4 is 11.8 Å². The number of amides is 2. The van der Waals surface area contributed by atoms with Gasteiger partial charge in [-0.05, 0) is 25.9 Å². The number of carbonyl (C=O) groups excluding carboxylic acids is 2. The van der Waals surface area contributed by atoms with E-state index in [9.17, 15) is 9.59 Å². The smallest absolute Gasteiger partial charge is 0.219 e. The van der Waals surface area contributed by atoms with Gasteiger partial charge in [0.1, 0.15) is 0 Å². The Bertz CT molecular complexity index is 362. The largest absolute Gasteiger partial charge is 0.340 e. The SMILES string of the molecule is CC(=O)N1CCN(CCCCCCN2CCN(C(C)=O)CC2)CC1. The molecule has 0 spiro atoms. The Labute approximate surface area is 146 Å². The lowest BCUT2D eigenvalue weighted by molar-refractivity contribution is -0.131. The van der Waals surface area contributed by atoms with Gasteiger partial charge < -0.3 is 9.80 Å².